The number of carbonyl (C=O) groups is 1. The topological polar surface area (TPSA) is 46.3 Å². The quantitative estimate of drug-likeness (QED) is 0.778. The van der Waals surface area contributed by atoms with Crippen LogP contribution in [0.5, 0.6) is 0 Å². The summed E-state index contributed by atoms with van der Waals surface area (Å²) < 4.78 is -0.0737. The van der Waals surface area contributed by atoms with Crippen molar-refractivity contribution in [3.05, 3.63) is 0 Å². The molecule has 1 heterocycles. The van der Waals surface area contributed by atoms with E-state index in [0.717, 1.165) is 38.8 Å². The molecule has 0 unspecified atom stereocenters. The van der Waals surface area contributed by atoms with Gasteiger partial charge in [0.1, 0.15) is 0 Å². The molecule has 1 saturated carbocycles. The Bertz CT molecular complexity index is 307. The zero-order valence-corrected chi connectivity index (χ0v) is 11.2. The number of hydrogen-bond donors (Lipinski definition) is 1. The van der Waals surface area contributed by atoms with Crippen LogP contribution < -0.4 is 5.73 Å². The number of rotatable bonds is 3. The van der Waals surface area contributed by atoms with E-state index in [9.17, 15) is 4.79 Å². The molecule has 0 atom stereocenters. The molecule has 1 aliphatic heterocycles. The number of likely N-dealkylation sites (tertiary alicyclic amines) is 1. The van der Waals surface area contributed by atoms with Crippen LogP contribution in [0.2, 0.25) is 0 Å². The fourth-order valence-corrected chi connectivity index (χ4v) is 3.47. The van der Waals surface area contributed by atoms with Crippen LogP contribution in [0.15, 0.2) is 0 Å². The Morgan fingerprint density at radius 2 is 2.00 bits per heavy atom. The van der Waals surface area contributed by atoms with Gasteiger partial charge in [0.25, 0.3) is 0 Å². The lowest BCUT2D eigenvalue weighted by Crippen LogP contribution is -2.51. The molecule has 0 radical (unpaired) electrons. The molecule has 3 nitrogen and oxygen atoms in total. The molecule has 2 aliphatic rings. The highest BCUT2D eigenvalue weighted by Gasteiger charge is 2.40. The van der Waals surface area contributed by atoms with E-state index >= 15 is 0 Å². The molecule has 0 aromatic heterocycles. The molecule has 0 aromatic rings. The van der Waals surface area contributed by atoms with E-state index in [0.29, 0.717) is 16.8 Å². The van der Waals surface area contributed by atoms with Gasteiger partial charge in [0.2, 0.25) is 5.91 Å². The molecule has 1 saturated heterocycles. The lowest BCUT2D eigenvalue weighted by Gasteiger charge is -2.40. The Morgan fingerprint density at radius 3 is 2.38 bits per heavy atom. The Morgan fingerprint density at radius 1 is 1.44 bits per heavy atom. The molecular weight excluding hydrogens is 240 g/mol. The summed E-state index contributed by atoms with van der Waals surface area (Å²) in [6, 6.07) is 0. The van der Waals surface area contributed by atoms with Gasteiger partial charge >= 0.3 is 0 Å². The van der Waals surface area contributed by atoms with Crippen molar-refractivity contribution in [3.63, 3.8) is 0 Å². The first-order chi connectivity index (χ1) is 7.59. The maximum atomic E-state index is 11.9. The van der Waals surface area contributed by atoms with E-state index in [1.165, 1.54) is 0 Å². The normalized spacial score (nSPS) is 24.2. The summed E-state index contributed by atoms with van der Waals surface area (Å²) in [5, 5.41) is 0. The molecule has 16 heavy (non-hydrogen) atoms. The molecule has 0 aromatic carbocycles. The van der Waals surface area contributed by atoms with E-state index < -0.39 is 0 Å². The SMILES string of the molecule is CSC1(C(N)=S)CCN(C(=O)C2CC2)CC1. The smallest absolute Gasteiger partial charge is 0.225 e. The first kappa shape index (κ1) is 12.2. The number of nitrogens with two attached hydrogens (primary N) is 1. The van der Waals surface area contributed by atoms with Crippen LogP contribution in [0, 0.1) is 5.92 Å². The lowest BCUT2D eigenvalue weighted by molar-refractivity contribution is -0.133. The molecule has 1 aliphatic carbocycles. The van der Waals surface area contributed by atoms with Gasteiger partial charge in [-0.05, 0) is 31.9 Å². The third kappa shape index (κ3) is 2.20. The number of piperidine rings is 1. The summed E-state index contributed by atoms with van der Waals surface area (Å²) in [6.07, 6.45) is 6.03. The van der Waals surface area contributed by atoms with Crippen molar-refractivity contribution >= 4 is 34.9 Å². The highest BCUT2D eigenvalue weighted by molar-refractivity contribution is 8.02. The largest absolute Gasteiger partial charge is 0.392 e. The van der Waals surface area contributed by atoms with Crippen LogP contribution in [0.25, 0.3) is 0 Å². The van der Waals surface area contributed by atoms with Crippen LogP contribution in [-0.4, -0.2) is 39.9 Å². The van der Waals surface area contributed by atoms with E-state index in [1.807, 2.05) is 4.90 Å². The number of nitrogens with zero attached hydrogens (tertiary/aromatic N) is 1. The van der Waals surface area contributed by atoms with E-state index in [4.69, 9.17) is 18.0 Å². The van der Waals surface area contributed by atoms with Gasteiger partial charge in [0.15, 0.2) is 0 Å². The Labute approximate surface area is 106 Å². The summed E-state index contributed by atoms with van der Waals surface area (Å²) in [5.74, 6) is 0.671. The molecule has 90 valence electrons. The molecule has 2 rings (SSSR count). The first-order valence-corrected chi connectivity index (χ1v) is 7.36. The predicted octanol–water partition coefficient (Wildman–Crippen LogP) is 1.41. The van der Waals surface area contributed by atoms with Gasteiger partial charge in [-0.1, -0.05) is 12.2 Å². The Kier molecular flexibility index (Phi) is 3.45. The zero-order valence-electron chi connectivity index (χ0n) is 9.57. The van der Waals surface area contributed by atoms with Crippen molar-refractivity contribution in [2.45, 2.75) is 30.4 Å². The second-order valence-electron chi connectivity index (χ2n) is 4.66. The zero-order chi connectivity index (χ0) is 11.8. The number of amides is 1. The molecule has 5 heteroatoms. The van der Waals surface area contributed by atoms with Gasteiger partial charge in [-0.15, -0.1) is 0 Å². The summed E-state index contributed by atoms with van der Waals surface area (Å²) in [5.41, 5.74) is 5.81. The van der Waals surface area contributed by atoms with Gasteiger partial charge < -0.3 is 10.6 Å². The summed E-state index contributed by atoms with van der Waals surface area (Å²) >= 11 is 6.88. The molecule has 0 bridgehead atoms. The standard InChI is InChI=1S/C11H18N2OS2/c1-16-11(10(12)15)4-6-13(7-5-11)9(14)8-2-3-8/h8H,2-7H2,1H3,(H2,12,15). The molecule has 2 N–H and O–H groups in total. The second-order valence-corrected chi connectivity index (χ2v) is 6.29. The van der Waals surface area contributed by atoms with Crippen LogP contribution in [0.4, 0.5) is 0 Å². The maximum absolute atomic E-state index is 11.9. The average Bonchev–Trinajstić information content (AvgIpc) is 3.12. The summed E-state index contributed by atoms with van der Waals surface area (Å²) in [4.78, 5) is 14.5. The van der Waals surface area contributed by atoms with Gasteiger partial charge in [-0.2, -0.15) is 11.8 Å². The first-order valence-electron chi connectivity index (χ1n) is 5.73. The van der Waals surface area contributed by atoms with Crippen molar-refractivity contribution in [2.75, 3.05) is 19.3 Å². The highest BCUT2D eigenvalue weighted by atomic mass is 32.2. The maximum Gasteiger partial charge on any atom is 0.225 e. The lowest BCUT2D eigenvalue weighted by atomic mass is 9.95. The van der Waals surface area contributed by atoms with Crippen molar-refractivity contribution in [3.8, 4) is 0 Å². The number of carbonyl (C=O) groups excluding carboxylic acids is 1. The van der Waals surface area contributed by atoms with Crippen molar-refractivity contribution in [1.82, 2.24) is 4.90 Å². The molecular formula is C11H18N2OS2. The van der Waals surface area contributed by atoms with Gasteiger partial charge in [0.05, 0.1) is 9.74 Å². The monoisotopic (exact) mass is 258 g/mol. The third-order valence-corrected chi connectivity index (χ3v) is 5.58. The molecule has 1 amide bonds. The van der Waals surface area contributed by atoms with Gasteiger partial charge in [-0.3, -0.25) is 4.79 Å². The fraction of sp³-hybridized carbons (Fsp3) is 0.818. The Hall–Kier alpha value is -0.290. The second kappa shape index (κ2) is 4.53. The van der Waals surface area contributed by atoms with E-state index in [-0.39, 0.29) is 4.75 Å². The number of hydrogen-bond acceptors (Lipinski definition) is 3. The number of thioether (sulfide) groups is 1. The van der Waals surface area contributed by atoms with Crippen molar-refractivity contribution in [2.24, 2.45) is 11.7 Å². The molecule has 2 fully saturated rings. The Balaban J connectivity index is 1.94. The molecule has 0 spiro atoms. The van der Waals surface area contributed by atoms with E-state index in [2.05, 4.69) is 6.26 Å². The van der Waals surface area contributed by atoms with E-state index in [1.54, 1.807) is 11.8 Å². The number of thiocarbonyl (C=S) groups is 1. The summed E-state index contributed by atoms with van der Waals surface area (Å²) in [6.45, 7) is 1.63. The minimum Gasteiger partial charge on any atom is -0.392 e. The minimum atomic E-state index is -0.0737. The fourth-order valence-electron chi connectivity index (χ4n) is 2.23. The van der Waals surface area contributed by atoms with Gasteiger partial charge in [-0.25, -0.2) is 0 Å². The minimum absolute atomic E-state index is 0.0737. The highest BCUT2D eigenvalue weighted by Crippen LogP contribution is 2.37. The van der Waals surface area contributed by atoms with Gasteiger partial charge in [0, 0.05) is 19.0 Å². The predicted molar refractivity (Wildman–Crippen MR) is 71.6 cm³/mol. The van der Waals surface area contributed by atoms with Crippen LogP contribution in [0.1, 0.15) is 25.7 Å². The van der Waals surface area contributed by atoms with Crippen molar-refractivity contribution < 1.29 is 4.79 Å². The van der Waals surface area contributed by atoms with Crippen LogP contribution in [-0.2, 0) is 4.79 Å². The van der Waals surface area contributed by atoms with Crippen molar-refractivity contribution in [1.29, 1.82) is 0 Å². The third-order valence-electron chi connectivity index (χ3n) is 3.65. The van der Waals surface area contributed by atoms with Crippen LogP contribution >= 0.6 is 24.0 Å². The summed E-state index contributed by atoms with van der Waals surface area (Å²) in [7, 11) is 0. The van der Waals surface area contributed by atoms with Crippen LogP contribution in [0.3, 0.4) is 0 Å². The average molecular weight is 258 g/mol.